The normalized spacial score (nSPS) is 35.3. The predicted octanol–water partition coefficient (Wildman–Crippen LogP) is 0.664. The van der Waals surface area contributed by atoms with Crippen LogP contribution in [0.2, 0.25) is 0 Å². The summed E-state index contributed by atoms with van der Waals surface area (Å²) in [7, 11) is 1.24. The van der Waals surface area contributed by atoms with Crippen LogP contribution < -0.4 is 0 Å². The van der Waals surface area contributed by atoms with Crippen molar-refractivity contribution in [1.82, 2.24) is 0 Å². The number of fused-ring (bicyclic) bond motifs is 1. The second kappa shape index (κ2) is 6.38. The molecule has 1 saturated carbocycles. The summed E-state index contributed by atoms with van der Waals surface area (Å²) in [5, 5.41) is 20.1. The van der Waals surface area contributed by atoms with Gasteiger partial charge in [0.15, 0.2) is 0 Å². The number of methoxy groups -OCH3 is 1. The van der Waals surface area contributed by atoms with Crippen molar-refractivity contribution >= 4 is 11.9 Å². The topological polar surface area (TPSA) is 93.1 Å². The van der Waals surface area contributed by atoms with E-state index in [1.54, 1.807) is 6.08 Å². The van der Waals surface area contributed by atoms with E-state index in [-0.39, 0.29) is 29.9 Å². The van der Waals surface area contributed by atoms with E-state index in [4.69, 9.17) is 4.74 Å². The number of hydrogen-bond acceptors (Lipinski definition) is 6. The van der Waals surface area contributed by atoms with Crippen LogP contribution in [-0.2, 0) is 19.1 Å². The highest BCUT2D eigenvalue weighted by molar-refractivity contribution is 5.89. The van der Waals surface area contributed by atoms with E-state index in [0.717, 1.165) is 6.42 Å². The number of ether oxygens (including phenoxy) is 2. The molecule has 6 nitrogen and oxygen atoms in total. The average Bonchev–Trinajstić information content (AvgIpc) is 2.79. The lowest BCUT2D eigenvalue weighted by molar-refractivity contribution is -0.145. The minimum absolute atomic E-state index is 0.00165. The van der Waals surface area contributed by atoms with Crippen molar-refractivity contribution in [2.24, 2.45) is 23.7 Å². The molecule has 22 heavy (non-hydrogen) atoms. The Kier molecular flexibility index (Phi) is 4.92. The maximum atomic E-state index is 12.1. The number of allylic oxidation sites excluding steroid dienone is 1. The fourth-order valence-electron chi connectivity index (χ4n) is 3.74. The lowest BCUT2D eigenvalue weighted by Crippen LogP contribution is -2.49. The van der Waals surface area contributed by atoms with Crippen LogP contribution in [0.1, 0.15) is 26.7 Å². The van der Waals surface area contributed by atoms with Gasteiger partial charge in [0, 0.05) is 0 Å². The van der Waals surface area contributed by atoms with Crippen LogP contribution in [-0.4, -0.2) is 48.1 Å². The van der Waals surface area contributed by atoms with E-state index >= 15 is 0 Å². The van der Waals surface area contributed by atoms with E-state index in [0.29, 0.717) is 6.42 Å². The summed E-state index contributed by atoms with van der Waals surface area (Å²) in [6.45, 7) is 3.63. The van der Waals surface area contributed by atoms with Crippen molar-refractivity contribution in [2.45, 2.75) is 32.3 Å². The van der Waals surface area contributed by atoms with Crippen molar-refractivity contribution in [3.8, 4) is 0 Å². The van der Waals surface area contributed by atoms with Gasteiger partial charge >= 0.3 is 11.9 Å². The molecule has 1 heterocycles. The fraction of sp³-hybridized carbons (Fsp3) is 0.750. The minimum Gasteiger partial charge on any atom is -0.466 e. The molecule has 1 saturated heterocycles. The Labute approximate surface area is 130 Å². The highest BCUT2D eigenvalue weighted by Gasteiger charge is 2.57. The molecule has 0 bridgehead atoms. The first-order valence-electron chi connectivity index (χ1n) is 7.63. The molecule has 6 heteroatoms. The summed E-state index contributed by atoms with van der Waals surface area (Å²) in [4.78, 5) is 23.8. The van der Waals surface area contributed by atoms with Crippen LogP contribution in [0, 0.1) is 23.7 Å². The zero-order valence-electron chi connectivity index (χ0n) is 13.2. The van der Waals surface area contributed by atoms with Crippen LogP contribution in [0.5, 0.6) is 0 Å². The molecule has 0 aromatic rings. The second-order valence-corrected chi connectivity index (χ2v) is 6.55. The van der Waals surface area contributed by atoms with Gasteiger partial charge in [-0.25, -0.2) is 4.79 Å². The Morgan fingerprint density at radius 3 is 2.77 bits per heavy atom. The third kappa shape index (κ3) is 2.90. The molecule has 0 aromatic heterocycles. The number of carbonyl (C=O) groups excluding carboxylic acids is 2. The van der Waals surface area contributed by atoms with Crippen molar-refractivity contribution < 1.29 is 29.3 Å². The molecule has 0 radical (unpaired) electrons. The van der Waals surface area contributed by atoms with Crippen LogP contribution in [0.25, 0.3) is 0 Å². The van der Waals surface area contributed by atoms with Crippen molar-refractivity contribution in [2.75, 3.05) is 20.3 Å². The monoisotopic (exact) mass is 312 g/mol. The Bertz CT molecular complexity index is 483. The molecule has 2 rings (SSSR count). The van der Waals surface area contributed by atoms with E-state index in [2.05, 4.69) is 4.74 Å². The second-order valence-electron chi connectivity index (χ2n) is 6.55. The standard InChI is InChI=1S/C16H24O6/c1-9(2)11-4-5-16(20)8-22-15(19)13(16)12(11)6-10(7-17)14(18)21-3/h6,9,11-13,17,20H,4-5,7-8H2,1-3H3/b10-6+/t11-,12-,13-,16-/m1/s1. The number of hydrogen-bond donors (Lipinski definition) is 2. The van der Waals surface area contributed by atoms with Gasteiger partial charge in [0.1, 0.15) is 12.2 Å². The molecule has 2 N–H and O–H groups in total. The van der Waals surface area contributed by atoms with Crippen LogP contribution in [0.15, 0.2) is 11.6 Å². The molecule has 0 unspecified atom stereocenters. The van der Waals surface area contributed by atoms with Crippen molar-refractivity contribution in [3.05, 3.63) is 11.6 Å². The Morgan fingerprint density at radius 1 is 1.55 bits per heavy atom. The van der Waals surface area contributed by atoms with E-state index in [1.165, 1.54) is 7.11 Å². The first kappa shape index (κ1) is 17.0. The molecule has 0 spiro atoms. The van der Waals surface area contributed by atoms with Gasteiger partial charge in [-0.15, -0.1) is 0 Å². The largest absolute Gasteiger partial charge is 0.466 e. The molecular weight excluding hydrogens is 288 g/mol. The van der Waals surface area contributed by atoms with Gasteiger partial charge in [0.05, 0.1) is 25.2 Å². The summed E-state index contributed by atoms with van der Waals surface area (Å²) in [5.41, 5.74) is -1.07. The molecule has 124 valence electrons. The van der Waals surface area contributed by atoms with E-state index in [1.807, 2.05) is 13.8 Å². The Morgan fingerprint density at radius 2 is 2.23 bits per heavy atom. The molecular formula is C16H24O6. The van der Waals surface area contributed by atoms with E-state index < -0.39 is 30.1 Å². The van der Waals surface area contributed by atoms with Gasteiger partial charge in [0.2, 0.25) is 0 Å². The number of cyclic esters (lactones) is 1. The van der Waals surface area contributed by atoms with Crippen molar-refractivity contribution in [1.29, 1.82) is 0 Å². The van der Waals surface area contributed by atoms with Crippen LogP contribution >= 0.6 is 0 Å². The van der Waals surface area contributed by atoms with Crippen LogP contribution in [0.3, 0.4) is 0 Å². The van der Waals surface area contributed by atoms with Gasteiger partial charge in [0.25, 0.3) is 0 Å². The summed E-state index contributed by atoms with van der Waals surface area (Å²) < 4.78 is 9.72. The smallest absolute Gasteiger partial charge is 0.335 e. The SMILES string of the molecule is COC(=O)/C(=C/[C@@H]1[C@@H](C(C)C)CC[C@@]2(O)COC(=O)[C@@H]12)CO. The lowest BCUT2D eigenvalue weighted by atomic mass is 9.62. The van der Waals surface area contributed by atoms with Gasteiger partial charge < -0.3 is 19.7 Å². The first-order chi connectivity index (χ1) is 10.3. The Balaban J connectivity index is 2.42. The molecule has 1 aliphatic heterocycles. The molecule has 2 aliphatic rings. The summed E-state index contributed by atoms with van der Waals surface area (Å²) in [5.74, 6) is -1.70. The third-order valence-electron chi connectivity index (χ3n) is 4.95. The fourth-order valence-corrected chi connectivity index (χ4v) is 3.74. The molecule has 0 amide bonds. The molecule has 2 fully saturated rings. The molecule has 0 aromatic carbocycles. The van der Waals surface area contributed by atoms with Crippen molar-refractivity contribution in [3.63, 3.8) is 0 Å². The quantitative estimate of drug-likeness (QED) is 0.585. The summed E-state index contributed by atoms with van der Waals surface area (Å²) in [6, 6.07) is 0. The number of carbonyl (C=O) groups is 2. The third-order valence-corrected chi connectivity index (χ3v) is 4.95. The first-order valence-corrected chi connectivity index (χ1v) is 7.63. The highest BCUT2D eigenvalue weighted by Crippen LogP contribution is 2.48. The lowest BCUT2D eigenvalue weighted by Gasteiger charge is -2.42. The predicted molar refractivity (Wildman–Crippen MR) is 77.6 cm³/mol. The number of aliphatic hydroxyl groups excluding tert-OH is 1. The molecule has 1 aliphatic carbocycles. The van der Waals surface area contributed by atoms with Gasteiger partial charge in [-0.3, -0.25) is 4.79 Å². The zero-order valence-corrected chi connectivity index (χ0v) is 13.2. The number of rotatable bonds is 4. The zero-order chi connectivity index (χ0) is 16.5. The number of aliphatic hydroxyl groups is 2. The van der Waals surface area contributed by atoms with Crippen LogP contribution in [0.4, 0.5) is 0 Å². The maximum absolute atomic E-state index is 12.1. The van der Waals surface area contributed by atoms with E-state index in [9.17, 15) is 19.8 Å². The number of esters is 2. The average molecular weight is 312 g/mol. The minimum atomic E-state index is -1.18. The van der Waals surface area contributed by atoms with Gasteiger partial charge in [-0.1, -0.05) is 19.9 Å². The molecule has 4 atom stereocenters. The maximum Gasteiger partial charge on any atom is 0.335 e. The highest BCUT2D eigenvalue weighted by atomic mass is 16.6. The summed E-state index contributed by atoms with van der Waals surface area (Å²) >= 11 is 0. The summed E-state index contributed by atoms with van der Waals surface area (Å²) in [6.07, 6.45) is 2.84. The van der Waals surface area contributed by atoms with Gasteiger partial charge in [-0.05, 0) is 30.6 Å². The Hall–Kier alpha value is -1.40. The van der Waals surface area contributed by atoms with Gasteiger partial charge in [-0.2, -0.15) is 0 Å².